The number of methoxy groups -OCH3 is 1. The minimum atomic E-state index is -0.750. The number of nitrogens with zero attached hydrogens (tertiary/aromatic N) is 1. The smallest absolute Gasteiger partial charge is 0.309 e. The van der Waals surface area contributed by atoms with Crippen LogP contribution < -0.4 is 14.2 Å². The molecule has 0 bridgehead atoms. The highest BCUT2D eigenvalue weighted by atomic mass is 16.7. The summed E-state index contributed by atoms with van der Waals surface area (Å²) in [6, 6.07) is 9.15. The average molecular weight is 502 g/mol. The van der Waals surface area contributed by atoms with Crippen molar-refractivity contribution in [3.8, 4) is 17.2 Å². The first-order valence-electron chi connectivity index (χ1n) is 11.8. The molecule has 36 heavy (non-hydrogen) atoms. The highest BCUT2D eigenvalue weighted by Crippen LogP contribution is 2.31. The number of Topliss-reactive ketones (excluding diaryl/α,β-unsaturated/α-hetero) is 1. The number of aromatic nitrogens is 1. The van der Waals surface area contributed by atoms with Crippen LogP contribution in [0, 0.1) is 18.8 Å². The fourth-order valence-corrected chi connectivity index (χ4v) is 3.48. The largest absolute Gasteiger partial charge is 0.493 e. The van der Waals surface area contributed by atoms with E-state index in [0.29, 0.717) is 5.75 Å². The summed E-state index contributed by atoms with van der Waals surface area (Å²) in [7, 11) is 1.41. The van der Waals surface area contributed by atoms with Crippen LogP contribution in [0.3, 0.4) is 0 Å². The van der Waals surface area contributed by atoms with Crippen LogP contribution in [0.1, 0.15) is 57.1 Å². The van der Waals surface area contributed by atoms with E-state index in [1.807, 2.05) is 52.0 Å². The first-order valence-corrected chi connectivity index (χ1v) is 11.8. The van der Waals surface area contributed by atoms with Gasteiger partial charge in [0.1, 0.15) is 18.0 Å². The quantitative estimate of drug-likeness (QED) is 0.222. The first-order chi connectivity index (χ1) is 17.0. The fourth-order valence-electron chi connectivity index (χ4n) is 3.48. The third-order valence-corrected chi connectivity index (χ3v) is 5.43. The number of carbonyl (C=O) groups excluding carboxylic acids is 3. The molecule has 0 amide bonds. The molecule has 0 aliphatic heterocycles. The van der Waals surface area contributed by atoms with Crippen molar-refractivity contribution >= 4 is 17.7 Å². The number of carbonyl (C=O) groups is 3. The van der Waals surface area contributed by atoms with Crippen LogP contribution in [-0.4, -0.2) is 48.8 Å². The summed E-state index contributed by atoms with van der Waals surface area (Å²) in [5.41, 5.74) is 1.09. The van der Waals surface area contributed by atoms with Gasteiger partial charge >= 0.3 is 11.9 Å². The molecule has 2 rings (SSSR count). The van der Waals surface area contributed by atoms with Crippen molar-refractivity contribution in [2.45, 2.75) is 60.2 Å². The number of hydrogen-bond acceptors (Lipinski definition) is 9. The zero-order valence-electron chi connectivity index (χ0n) is 21.9. The van der Waals surface area contributed by atoms with Crippen molar-refractivity contribution in [2.75, 3.05) is 13.9 Å². The van der Waals surface area contributed by atoms with Crippen LogP contribution in [0.15, 0.2) is 36.5 Å². The molecular weight excluding hydrogens is 466 g/mol. The summed E-state index contributed by atoms with van der Waals surface area (Å²) in [5, 5.41) is 0. The van der Waals surface area contributed by atoms with Crippen molar-refractivity contribution < 1.29 is 38.1 Å². The van der Waals surface area contributed by atoms with Gasteiger partial charge in [-0.15, -0.1) is 0 Å². The van der Waals surface area contributed by atoms with Gasteiger partial charge in [0.2, 0.25) is 6.79 Å². The van der Waals surface area contributed by atoms with Gasteiger partial charge in [-0.05, 0) is 31.9 Å². The molecule has 0 radical (unpaired) electrons. The van der Waals surface area contributed by atoms with E-state index in [1.165, 1.54) is 26.3 Å². The number of hydrogen-bond donors (Lipinski definition) is 0. The van der Waals surface area contributed by atoms with Gasteiger partial charge < -0.3 is 23.7 Å². The zero-order valence-corrected chi connectivity index (χ0v) is 21.9. The maximum Gasteiger partial charge on any atom is 0.309 e. The van der Waals surface area contributed by atoms with Crippen LogP contribution >= 0.6 is 0 Å². The number of esters is 2. The van der Waals surface area contributed by atoms with Gasteiger partial charge in [-0.3, -0.25) is 14.4 Å². The lowest BCUT2D eigenvalue weighted by Crippen LogP contribution is -2.39. The SMILES string of the molecule is COc1ccnc(C(=O)C[C@@H](C)C(=O)O[C@@H](C(C)C)[C@H](C)Oc2ccc(C)cc2)c1OCOC(C)=O. The number of ketones is 1. The van der Waals surface area contributed by atoms with Crippen LogP contribution in [-0.2, 0) is 19.1 Å². The first kappa shape index (κ1) is 28.6. The highest BCUT2D eigenvalue weighted by molar-refractivity contribution is 5.99. The van der Waals surface area contributed by atoms with E-state index in [2.05, 4.69) is 4.98 Å². The van der Waals surface area contributed by atoms with Crippen molar-refractivity contribution in [1.29, 1.82) is 0 Å². The van der Waals surface area contributed by atoms with Crippen molar-refractivity contribution in [1.82, 2.24) is 4.98 Å². The molecule has 9 heteroatoms. The Morgan fingerprint density at radius 3 is 2.25 bits per heavy atom. The number of aryl methyl sites for hydroxylation is 1. The predicted molar refractivity (Wildman–Crippen MR) is 132 cm³/mol. The monoisotopic (exact) mass is 501 g/mol. The molecule has 1 aromatic heterocycles. The van der Waals surface area contributed by atoms with Crippen LogP contribution in [0.4, 0.5) is 0 Å². The minimum Gasteiger partial charge on any atom is -0.493 e. The summed E-state index contributed by atoms with van der Waals surface area (Å²) in [4.78, 5) is 41.1. The second-order valence-corrected chi connectivity index (χ2v) is 8.90. The number of benzene rings is 1. The lowest BCUT2D eigenvalue weighted by Gasteiger charge is -2.29. The summed E-state index contributed by atoms with van der Waals surface area (Å²) in [6.07, 6.45) is 0.308. The van der Waals surface area contributed by atoms with Crippen LogP contribution in [0.2, 0.25) is 0 Å². The predicted octanol–water partition coefficient (Wildman–Crippen LogP) is 4.54. The number of ether oxygens (including phenoxy) is 5. The minimum absolute atomic E-state index is 0.0152. The highest BCUT2D eigenvalue weighted by Gasteiger charge is 2.30. The molecule has 0 fully saturated rings. The van der Waals surface area contributed by atoms with E-state index in [9.17, 15) is 14.4 Å². The standard InChI is InChI=1S/C27H35NO8/c1-16(2)25(19(5)35-21-10-8-17(3)9-11-21)36-27(31)18(4)14-22(30)24-26(34-15-33-20(6)29)23(32-7)12-13-28-24/h8-13,16,18-19,25H,14-15H2,1-7H3/t18-,19+,25+/m1/s1. The molecule has 3 atom stereocenters. The Labute approximate surface area is 212 Å². The van der Waals surface area contributed by atoms with Gasteiger partial charge in [-0.2, -0.15) is 0 Å². The Morgan fingerprint density at radius 2 is 1.67 bits per heavy atom. The zero-order chi connectivity index (χ0) is 26.8. The van der Waals surface area contributed by atoms with Gasteiger partial charge in [-0.1, -0.05) is 38.5 Å². The molecule has 1 heterocycles. The van der Waals surface area contributed by atoms with Gasteiger partial charge in [0.15, 0.2) is 23.0 Å². The second kappa shape index (κ2) is 13.5. The Kier molecular flexibility index (Phi) is 10.7. The summed E-state index contributed by atoms with van der Waals surface area (Å²) >= 11 is 0. The molecule has 0 aliphatic carbocycles. The maximum atomic E-state index is 13.0. The second-order valence-electron chi connectivity index (χ2n) is 8.90. The van der Waals surface area contributed by atoms with Gasteiger partial charge in [-0.25, -0.2) is 4.98 Å². The third-order valence-electron chi connectivity index (χ3n) is 5.43. The van der Waals surface area contributed by atoms with E-state index in [1.54, 1.807) is 6.92 Å². The molecule has 2 aromatic rings. The molecule has 9 nitrogen and oxygen atoms in total. The third kappa shape index (κ3) is 8.25. The molecule has 0 N–H and O–H groups in total. The fraction of sp³-hybridized carbons (Fsp3) is 0.481. The molecule has 0 saturated heterocycles. The molecule has 0 aliphatic rings. The number of rotatable bonds is 13. The van der Waals surface area contributed by atoms with E-state index < -0.39 is 42.6 Å². The molecular formula is C27H35NO8. The van der Waals surface area contributed by atoms with Crippen molar-refractivity contribution in [3.63, 3.8) is 0 Å². The molecule has 196 valence electrons. The summed E-state index contributed by atoms with van der Waals surface area (Å²) in [5.74, 6) is -1.30. The van der Waals surface area contributed by atoms with E-state index in [0.717, 1.165) is 5.56 Å². The molecule has 0 unspecified atom stereocenters. The summed E-state index contributed by atoms with van der Waals surface area (Å²) in [6.45, 7) is 10.2. The van der Waals surface area contributed by atoms with Gasteiger partial charge in [0.25, 0.3) is 0 Å². The Hall–Kier alpha value is -3.62. The lowest BCUT2D eigenvalue weighted by molar-refractivity contribution is -0.161. The molecule has 1 aromatic carbocycles. The average Bonchev–Trinajstić information content (AvgIpc) is 2.83. The van der Waals surface area contributed by atoms with Crippen LogP contribution in [0.25, 0.3) is 0 Å². The van der Waals surface area contributed by atoms with E-state index in [4.69, 9.17) is 23.7 Å². The van der Waals surface area contributed by atoms with Gasteiger partial charge in [0.05, 0.1) is 13.0 Å². The van der Waals surface area contributed by atoms with E-state index in [-0.39, 0.29) is 29.5 Å². The molecule has 0 spiro atoms. The van der Waals surface area contributed by atoms with Crippen molar-refractivity contribution in [3.05, 3.63) is 47.8 Å². The maximum absolute atomic E-state index is 13.0. The normalized spacial score (nSPS) is 13.3. The Balaban J connectivity index is 2.08. The van der Waals surface area contributed by atoms with Gasteiger partial charge in [0, 0.05) is 25.6 Å². The topological polar surface area (TPSA) is 110 Å². The van der Waals surface area contributed by atoms with Crippen LogP contribution in [0.5, 0.6) is 17.2 Å². The molecule has 0 saturated carbocycles. The Morgan fingerprint density at radius 1 is 1.00 bits per heavy atom. The lowest BCUT2D eigenvalue weighted by atomic mass is 10.00. The summed E-state index contributed by atoms with van der Waals surface area (Å²) < 4.78 is 27.3. The van der Waals surface area contributed by atoms with Crippen molar-refractivity contribution in [2.24, 2.45) is 11.8 Å². The van der Waals surface area contributed by atoms with E-state index >= 15 is 0 Å². The Bertz CT molecular complexity index is 1030. The number of pyridine rings is 1.